The van der Waals surface area contributed by atoms with Crippen molar-refractivity contribution >= 4 is 19.7 Å². The third-order valence-corrected chi connectivity index (χ3v) is 4.73. The smallest absolute Gasteiger partial charge is 0.261 e. The Labute approximate surface area is 129 Å². The maximum absolute atomic E-state index is 11.3. The summed E-state index contributed by atoms with van der Waals surface area (Å²) in [7, 11) is 1.64. The highest BCUT2D eigenvalue weighted by Crippen LogP contribution is 2.24. The van der Waals surface area contributed by atoms with E-state index in [9.17, 15) is 8.42 Å². The van der Waals surface area contributed by atoms with Crippen LogP contribution in [-0.2, 0) is 22.1 Å². The largest absolute Gasteiger partial charge is 0.489 e. The zero-order valence-electron chi connectivity index (χ0n) is 12.0. The highest BCUT2D eigenvalue weighted by Gasteiger charge is 2.13. The Hall–Kier alpha value is -1.52. The highest BCUT2D eigenvalue weighted by molar-refractivity contribution is 8.13. The Balaban J connectivity index is 2.08. The summed E-state index contributed by atoms with van der Waals surface area (Å²) in [5.41, 5.74) is 2.92. The van der Waals surface area contributed by atoms with E-state index in [2.05, 4.69) is 19.1 Å². The van der Waals surface area contributed by atoms with E-state index in [0.717, 1.165) is 12.0 Å². The maximum atomic E-state index is 11.3. The van der Waals surface area contributed by atoms with Crippen molar-refractivity contribution in [2.24, 2.45) is 0 Å². The fourth-order valence-electron chi connectivity index (χ4n) is 2.02. The van der Waals surface area contributed by atoms with Gasteiger partial charge in [-0.15, -0.1) is 0 Å². The summed E-state index contributed by atoms with van der Waals surface area (Å²) in [5.74, 6) is 0.621. The van der Waals surface area contributed by atoms with Gasteiger partial charge < -0.3 is 4.74 Å². The van der Waals surface area contributed by atoms with Gasteiger partial charge in [0.05, 0.1) is 4.90 Å². The van der Waals surface area contributed by atoms with Crippen LogP contribution in [-0.4, -0.2) is 8.42 Å². The standard InChI is InChI=1S/C16H17ClO3S/c1-3-13-4-6-14(7-5-13)11-20-15-8-9-16(12(2)10-15)21(17,18)19/h4-10H,3,11H2,1-2H3. The molecule has 0 aliphatic carbocycles. The van der Waals surface area contributed by atoms with E-state index in [4.69, 9.17) is 15.4 Å². The van der Waals surface area contributed by atoms with E-state index < -0.39 is 9.05 Å². The minimum absolute atomic E-state index is 0.115. The van der Waals surface area contributed by atoms with Crippen LogP contribution in [0.2, 0.25) is 0 Å². The Kier molecular flexibility index (Phi) is 4.91. The Morgan fingerprint density at radius 3 is 2.19 bits per heavy atom. The first kappa shape index (κ1) is 15.9. The predicted octanol–water partition coefficient (Wildman–Crippen LogP) is 4.06. The number of aryl methyl sites for hydroxylation is 2. The summed E-state index contributed by atoms with van der Waals surface area (Å²) in [6, 6.07) is 13.0. The lowest BCUT2D eigenvalue weighted by Crippen LogP contribution is -1.98. The van der Waals surface area contributed by atoms with Crippen LogP contribution in [0.5, 0.6) is 5.75 Å². The minimum atomic E-state index is -3.71. The molecule has 0 saturated carbocycles. The number of benzene rings is 2. The van der Waals surface area contributed by atoms with Gasteiger partial charge in [-0.3, -0.25) is 0 Å². The van der Waals surface area contributed by atoms with Gasteiger partial charge in [0.1, 0.15) is 12.4 Å². The van der Waals surface area contributed by atoms with Crippen molar-refractivity contribution in [3.63, 3.8) is 0 Å². The van der Waals surface area contributed by atoms with E-state index in [0.29, 0.717) is 17.9 Å². The van der Waals surface area contributed by atoms with Crippen LogP contribution < -0.4 is 4.74 Å². The lowest BCUT2D eigenvalue weighted by Gasteiger charge is -2.09. The fraction of sp³-hybridized carbons (Fsp3) is 0.250. The summed E-state index contributed by atoms with van der Waals surface area (Å²) in [6.45, 7) is 4.25. The van der Waals surface area contributed by atoms with E-state index in [-0.39, 0.29) is 4.90 Å². The van der Waals surface area contributed by atoms with Crippen molar-refractivity contribution in [2.75, 3.05) is 0 Å². The van der Waals surface area contributed by atoms with Crippen LogP contribution in [0, 0.1) is 6.92 Å². The lowest BCUT2D eigenvalue weighted by atomic mass is 10.1. The Morgan fingerprint density at radius 2 is 1.67 bits per heavy atom. The molecule has 0 aliphatic heterocycles. The quantitative estimate of drug-likeness (QED) is 0.779. The van der Waals surface area contributed by atoms with Gasteiger partial charge in [0.2, 0.25) is 0 Å². The first-order chi connectivity index (χ1) is 9.90. The maximum Gasteiger partial charge on any atom is 0.261 e. The summed E-state index contributed by atoms with van der Waals surface area (Å²) in [4.78, 5) is 0.115. The molecule has 2 rings (SSSR count). The van der Waals surface area contributed by atoms with Gasteiger partial charge in [-0.25, -0.2) is 8.42 Å². The Bertz CT molecular complexity index is 722. The molecule has 2 aromatic carbocycles. The van der Waals surface area contributed by atoms with Crippen LogP contribution in [0.3, 0.4) is 0 Å². The first-order valence-electron chi connectivity index (χ1n) is 6.66. The van der Waals surface area contributed by atoms with Gasteiger partial charge >= 0.3 is 0 Å². The summed E-state index contributed by atoms with van der Waals surface area (Å²) >= 11 is 0. The van der Waals surface area contributed by atoms with Crippen LogP contribution in [0.15, 0.2) is 47.4 Å². The number of ether oxygens (including phenoxy) is 1. The fourth-order valence-corrected chi connectivity index (χ4v) is 3.22. The average molecular weight is 325 g/mol. The molecule has 0 saturated heterocycles. The summed E-state index contributed by atoms with van der Waals surface area (Å²) in [6.07, 6.45) is 1.01. The van der Waals surface area contributed by atoms with E-state index >= 15 is 0 Å². The molecule has 112 valence electrons. The normalized spacial score (nSPS) is 11.4. The topological polar surface area (TPSA) is 43.4 Å². The average Bonchev–Trinajstić information content (AvgIpc) is 2.44. The Morgan fingerprint density at radius 1 is 1.05 bits per heavy atom. The monoisotopic (exact) mass is 324 g/mol. The second-order valence-electron chi connectivity index (χ2n) is 4.82. The first-order valence-corrected chi connectivity index (χ1v) is 8.97. The number of hydrogen-bond donors (Lipinski definition) is 0. The SMILES string of the molecule is CCc1ccc(COc2ccc(S(=O)(=O)Cl)c(C)c2)cc1. The highest BCUT2D eigenvalue weighted by atomic mass is 35.7. The second-order valence-corrected chi connectivity index (χ2v) is 7.36. The molecule has 0 spiro atoms. The molecule has 0 bridgehead atoms. The molecule has 2 aromatic rings. The molecule has 0 amide bonds. The number of halogens is 1. The molecule has 0 atom stereocenters. The molecule has 0 heterocycles. The van der Waals surface area contributed by atoms with Crippen molar-refractivity contribution in [2.45, 2.75) is 31.8 Å². The molecule has 0 N–H and O–H groups in total. The second kappa shape index (κ2) is 6.50. The van der Waals surface area contributed by atoms with Gasteiger partial charge in [-0.05, 0) is 48.2 Å². The minimum Gasteiger partial charge on any atom is -0.489 e. The van der Waals surface area contributed by atoms with Crippen molar-refractivity contribution in [3.8, 4) is 5.75 Å². The number of rotatable bonds is 5. The van der Waals surface area contributed by atoms with Crippen LogP contribution in [0.25, 0.3) is 0 Å². The zero-order chi connectivity index (χ0) is 15.5. The van der Waals surface area contributed by atoms with Gasteiger partial charge in [0.25, 0.3) is 9.05 Å². The van der Waals surface area contributed by atoms with Crippen molar-refractivity contribution < 1.29 is 13.2 Å². The van der Waals surface area contributed by atoms with Crippen LogP contribution in [0.1, 0.15) is 23.6 Å². The summed E-state index contributed by atoms with van der Waals surface area (Å²) < 4.78 is 28.3. The molecule has 3 nitrogen and oxygen atoms in total. The van der Waals surface area contributed by atoms with E-state index in [1.54, 1.807) is 19.1 Å². The molecule has 5 heteroatoms. The van der Waals surface area contributed by atoms with Crippen molar-refractivity contribution in [3.05, 3.63) is 59.2 Å². The third-order valence-electron chi connectivity index (χ3n) is 3.25. The third kappa shape index (κ3) is 4.22. The van der Waals surface area contributed by atoms with Crippen molar-refractivity contribution in [1.82, 2.24) is 0 Å². The van der Waals surface area contributed by atoms with E-state index in [1.165, 1.54) is 11.6 Å². The predicted molar refractivity (Wildman–Crippen MR) is 84.4 cm³/mol. The molecular weight excluding hydrogens is 308 g/mol. The lowest BCUT2D eigenvalue weighted by molar-refractivity contribution is 0.306. The van der Waals surface area contributed by atoms with E-state index in [1.807, 2.05) is 12.1 Å². The van der Waals surface area contributed by atoms with Gasteiger partial charge in [-0.2, -0.15) is 0 Å². The molecule has 0 unspecified atom stereocenters. The molecule has 0 aromatic heterocycles. The molecule has 0 radical (unpaired) electrons. The number of hydrogen-bond acceptors (Lipinski definition) is 3. The summed E-state index contributed by atoms with van der Waals surface area (Å²) in [5, 5.41) is 0. The molecule has 0 fully saturated rings. The van der Waals surface area contributed by atoms with Gasteiger partial charge in [-0.1, -0.05) is 31.2 Å². The van der Waals surface area contributed by atoms with Crippen LogP contribution in [0.4, 0.5) is 0 Å². The van der Waals surface area contributed by atoms with Gasteiger partial charge in [0.15, 0.2) is 0 Å². The molecular formula is C16H17ClO3S. The van der Waals surface area contributed by atoms with Gasteiger partial charge in [0, 0.05) is 10.7 Å². The van der Waals surface area contributed by atoms with Crippen molar-refractivity contribution in [1.29, 1.82) is 0 Å². The molecule has 0 aliphatic rings. The van der Waals surface area contributed by atoms with Crippen LogP contribution >= 0.6 is 10.7 Å². The zero-order valence-corrected chi connectivity index (χ0v) is 13.5. The molecule has 21 heavy (non-hydrogen) atoms.